The first-order valence-corrected chi connectivity index (χ1v) is 13.4. The van der Waals surface area contributed by atoms with Gasteiger partial charge in [-0.25, -0.2) is 4.79 Å². The number of hydrogen-bond donors (Lipinski definition) is 1. The van der Waals surface area contributed by atoms with E-state index in [1.54, 1.807) is 0 Å². The first-order valence-electron chi connectivity index (χ1n) is 10.6. The number of carbonyl (C=O) groups is 3. The highest BCUT2D eigenvalue weighted by molar-refractivity contribution is 6.48. The van der Waals surface area contributed by atoms with Gasteiger partial charge in [0.1, 0.15) is 12.6 Å². The van der Waals surface area contributed by atoms with E-state index in [2.05, 4.69) is 45.8 Å². The molecule has 0 spiro atoms. The van der Waals surface area contributed by atoms with E-state index in [1.807, 2.05) is 0 Å². The van der Waals surface area contributed by atoms with Crippen molar-refractivity contribution in [3.8, 4) is 0 Å². The number of Topliss-reactive ketones (excluding diaryl/α,β-unsaturated/α-hetero) is 1. The van der Waals surface area contributed by atoms with Gasteiger partial charge < -0.3 is 19.2 Å². The second-order valence-corrected chi connectivity index (χ2v) is 11.7. The van der Waals surface area contributed by atoms with Gasteiger partial charge in [0.2, 0.25) is 5.91 Å². The molecule has 0 aromatic heterocycles. The number of ketones is 1. The van der Waals surface area contributed by atoms with Crippen LogP contribution in [-0.4, -0.2) is 76.8 Å². The molecule has 2 amide bonds. The van der Waals surface area contributed by atoms with Crippen LogP contribution in [0.3, 0.4) is 0 Å². The summed E-state index contributed by atoms with van der Waals surface area (Å²) in [6.45, 7) is 15.4. The van der Waals surface area contributed by atoms with Gasteiger partial charge in [-0.1, -0.05) is 33.4 Å². The smallest absolute Gasteiger partial charge is 0.410 e. The standard InChI is InChI=1S/C21H36N2O6Si/c1-7-9-28-20(26)23-8-10-27-13-16(23)17(24)11-15-18(19(25)22-15)14(21(2,3)4)12-29-30(5)6/h7,14-16,18,30H,1,8-13H2,2-6H3,(H,22,25)/t14-,15-,16+,18+/m1/s1. The van der Waals surface area contributed by atoms with Crippen molar-refractivity contribution in [3.63, 3.8) is 0 Å². The summed E-state index contributed by atoms with van der Waals surface area (Å²) in [5.41, 5.74) is -0.137. The van der Waals surface area contributed by atoms with E-state index in [0.29, 0.717) is 19.8 Å². The molecule has 2 saturated heterocycles. The lowest BCUT2D eigenvalue weighted by Crippen LogP contribution is -2.65. The number of amides is 2. The molecule has 2 rings (SSSR count). The summed E-state index contributed by atoms with van der Waals surface area (Å²) in [5, 5.41) is 2.89. The summed E-state index contributed by atoms with van der Waals surface area (Å²) in [4.78, 5) is 39.2. The maximum atomic E-state index is 13.1. The first-order chi connectivity index (χ1) is 14.1. The average Bonchev–Trinajstić information content (AvgIpc) is 2.67. The molecule has 9 heteroatoms. The van der Waals surface area contributed by atoms with Crippen molar-refractivity contribution in [3.05, 3.63) is 12.7 Å². The third-order valence-corrected chi connectivity index (χ3v) is 6.56. The minimum Gasteiger partial charge on any atom is -0.445 e. The molecule has 2 heterocycles. The van der Waals surface area contributed by atoms with E-state index >= 15 is 0 Å². The van der Waals surface area contributed by atoms with E-state index in [9.17, 15) is 14.4 Å². The number of hydrogen-bond acceptors (Lipinski definition) is 6. The predicted molar refractivity (Wildman–Crippen MR) is 116 cm³/mol. The second-order valence-electron chi connectivity index (χ2n) is 9.32. The molecule has 2 aliphatic rings. The molecular weight excluding hydrogens is 404 g/mol. The van der Waals surface area contributed by atoms with Crippen LogP contribution in [0.1, 0.15) is 27.2 Å². The fraction of sp³-hybridized carbons (Fsp3) is 0.762. The molecule has 4 atom stereocenters. The van der Waals surface area contributed by atoms with Gasteiger partial charge in [-0.2, -0.15) is 0 Å². The fourth-order valence-corrected chi connectivity index (χ4v) is 4.53. The molecule has 1 N–H and O–H groups in total. The maximum Gasteiger partial charge on any atom is 0.410 e. The molecule has 0 bridgehead atoms. The summed E-state index contributed by atoms with van der Waals surface area (Å²) in [7, 11) is -1.23. The van der Waals surface area contributed by atoms with Crippen molar-refractivity contribution in [2.45, 2.75) is 52.4 Å². The quantitative estimate of drug-likeness (QED) is 0.333. The molecule has 0 aromatic carbocycles. The average molecular weight is 441 g/mol. The third kappa shape index (κ3) is 6.15. The molecule has 8 nitrogen and oxygen atoms in total. The van der Waals surface area contributed by atoms with Gasteiger partial charge in [0.25, 0.3) is 0 Å². The Morgan fingerprint density at radius 3 is 2.67 bits per heavy atom. The van der Waals surface area contributed by atoms with Crippen LogP contribution < -0.4 is 5.32 Å². The van der Waals surface area contributed by atoms with E-state index in [-0.39, 0.29) is 54.6 Å². The molecule has 170 valence electrons. The highest BCUT2D eigenvalue weighted by Crippen LogP contribution is 2.39. The van der Waals surface area contributed by atoms with Crippen LogP contribution in [-0.2, 0) is 23.5 Å². The van der Waals surface area contributed by atoms with Gasteiger partial charge in [0.05, 0.1) is 19.1 Å². The number of morpholine rings is 1. The Labute approximate surface area is 181 Å². The summed E-state index contributed by atoms with van der Waals surface area (Å²) < 4.78 is 16.5. The summed E-state index contributed by atoms with van der Waals surface area (Å²) in [6.07, 6.45) is 1.09. The molecule has 0 radical (unpaired) electrons. The van der Waals surface area contributed by atoms with Gasteiger partial charge in [-0.15, -0.1) is 0 Å². The monoisotopic (exact) mass is 440 g/mol. The summed E-state index contributed by atoms with van der Waals surface area (Å²) in [6, 6.07) is -0.971. The highest BCUT2D eigenvalue weighted by atomic mass is 28.3. The SMILES string of the molecule is C=CCOC(=O)N1CCOC[C@H]1C(=O)C[C@H]1NC(=O)[C@H]1[C@@H](CO[SiH](C)C)C(C)(C)C. The molecule has 2 aliphatic heterocycles. The van der Waals surface area contributed by atoms with Crippen LogP contribution in [0.25, 0.3) is 0 Å². The minimum atomic E-state index is -1.23. The zero-order valence-electron chi connectivity index (χ0n) is 18.8. The molecule has 0 aromatic rings. The first kappa shape index (κ1) is 24.6. The highest BCUT2D eigenvalue weighted by Gasteiger charge is 2.50. The number of nitrogens with zero attached hydrogens (tertiary/aromatic N) is 1. The van der Waals surface area contributed by atoms with Crippen LogP contribution in [0.4, 0.5) is 4.79 Å². The van der Waals surface area contributed by atoms with Crippen molar-refractivity contribution >= 4 is 26.8 Å². The Hall–Kier alpha value is -1.71. The Bertz CT molecular complexity index is 648. The molecule has 30 heavy (non-hydrogen) atoms. The Balaban J connectivity index is 2.07. The second kappa shape index (κ2) is 10.5. The maximum absolute atomic E-state index is 13.1. The summed E-state index contributed by atoms with van der Waals surface area (Å²) in [5.74, 6) is -0.446. The van der Waals surface area contributed by atoms with Crippen molar-refractivity contribution in [1.29, 1.82) is 0 Å². The van der Waals surface area contributed by atoms with Gasteiger partial charge >= 0.3 is 6.09 Å². The van der Waals surface area contributed by atoms with E-state index in [4.69, 9.17) is 13.9 Å². The lowest BCUT2D eigenvalue weighted by atomic mass is 9.66. The van der Waals surface area contributed by atoms with Crippen LogP contribution in [0.5, 0.6) is 0 Å². The van der Waals surface area contributed by atoms with E-state index in [0.717, 1.165) is 0 Å². The zero-order chi connectivity index (χ0) is 22.5. The number of nitrogens with one attached hydrogen (secondary N) is 1. The molecule has 0 saturated carbocycles. The van der Waals surface area contributed by atoms with Gasteiger partial charge in [-0.3, -0.25) is 14.5 Å². The Morgan fingerprint density at radius 2 is 2.10 bits per heavy atom. The third-order valence-electron chi connectivity index (χ3n) is 5.70. The van der Waals surface area contributed by atoms with Crippen LogP contribution in [0.2, 0.25) is 13.1 Å². The fourth-order valence-electron chi connectivity index (χ4n) is 3.94. The minimum absolute atomic E-state index is 0.00946. The Kier molecular flexibility index (Phi) is 8.63. The van der Waals surface area contributed by atoms with Gasteiger partial charge in [0.15, 0.2) is 14.8 Å². The van der Waals surface area contributed by atoms with Crippen LogP contribution >= 0.6 is 0 Å². The van der Waals surface area contributed by atoms with Gasteiger partial charge in [0, 0.05) is 25.6 Å². The predicted octanol–water partition coefficient (Wildman–Crippen LogP) is 1.75. The summed E-state index contributed by atoms with van der Waals surface area (Å²) >= 11 is 0. The van der Waals surface area contributed by atoms with Crippen molar-refractivity contribution in [2.24, 2.45) is 17.3 Å². The van der Waals surface area contributed by atoms with E-state index in [1.165, 1.54) is 11.0 Å². The molecule has 0 unspecified atom stereocenters. The van der Waals surface area contributed by atoms with Crippen molar-refractivity contribution in [2.75, 3.05) is 33.0 Å². The van der Waals surface area contributed by atoms with Crippen LogP contribution in [0, 0.1) is 17.3 Å². The lowest BCUT2D eigenvalue weighted by molar-refractivity contribution is -0.144. The lowest BCUT2D eigenvalue weighted by Gasteiger charge is -2.47. The normalized spacial score (nSPS) is 25.3. The topological polar surface area (TPSA) is 94.2 Å². The zero-order valence-corrected chi connectivity index (χ0v) is 20.0. The van der Waals surface area contributed by atoms with Crippen molar-refractivity contribution < 1.29 is 28.3 Å². The molecule has 2 fully saturated rings. The molecular formula is C21H36N2O6Si. The Morgan fingerprint density at radius 1 is 1.40 bits per heavy atom. The van der Waals surface area contributed by atoms with E-state index < -0.39 is 21.2 Å². The number of ether oxygens (including phenoxy) is 2. The largest absolute Gasteiger partial charge is 0.445 e. The van der Waals surface area contributed by atoms with Crippen molar-refractivity contribution in [1.82, 2.24) is 10.2 Å². The number of β-lactam (4-membered cyclic amide) rings is 1. The van der Waals surface area contributed by atoms with Gasteiger partial charge in [-0.05, 0) is 24.4 Å². The molecule has 0 aliphatic carbocycles. The van der Waals surface area contributed by atoms with Crippen LogP contribution in [0.15, 0.2) is 12.7 Å². The number of carbonyl (C=O) groups excluding carboxylic acids is 3. The number of rotatable bonds is 9.